The van der Waals surface area contributed by atoms with E-state index in [1.54, 1.807) is 6.20 Å². The fraction of sp³-hybridized carbons (Fsp3) is 0.545. The molecule has 0 radical (unpaired) electrons. The summed E-state index contributed by atoms with van der Waals surface area (Å²) in [6.07, 6.45) is 4.28. The molecule has 1 aromatic heterocycles. The maximum atomic E-state index is 5.80. The Hall–Kier alpha value is -0.320. The van der Waals surface area contributed by atoms with E-state index in [0.717, 1.165) is 16.8 Å². The van der Waals surface area contributed by atoms with E-state index in [9.17, 15) is 0 Å². The SMILES string of the molecule is Clc1ncc(OCCN2CCCC2)cc1Br. The molecule has 2 heterocycles. The highest BCUT2D eigenvalue weighted by atomic mass is 79.9. The van der Waals surface area contributed by atoms with E-state index in [2.05, 4.69) is 25.8 Å². The fourth-order valence-corrected chi connectivity index (χ4v) is 2.21. The molecule has 0 bridgehead atoms. The normalized spacial score (nSPS) is 16.6. The predicted octanol–water partition coefficient (Wildman–Crippen LogP) is 2.97. The number of likely N-dealkylation sites (tertiary alicyclic amines) is 1. The van der Waals surface area contributed by atoms with Crippen LogP contribution in [0.5, 0.6) is 5.75 Å². The smallest absolute Gasteiger partial charge is 0.143 e. The number of ether oxygens (including phenoxy) is 1. The van der Waals surface area contributed by atoms with Gasteiger partial charge >= 0.3 is 0 Å². The van der Waals surface area contributed by atoms with Crippen molar-refractivity contribution in [2.75, 3.05) is 26.2 Å². The summed E-state index contributed by atoms with van der Waals surface area (Å²) >= 11 is 9.12. The second-order valence-corrected chi connectivity index (χ2v) is 5.05. The molecule has 0 spiro atoms. The highest BCUT2D eigenvalue weighted by Crippen LogP contribution is 2.24. The number of nitrogens with zero attached hydrogens (tertiary/aromatic N) is 2. The van der Waals surface area contributed by atoms with Crippen LogP contribution in [0, 0.1) is 0 Å². The maximum absolute atomic E-state index is 5.80. The van der Waals surface area contributed by atoms with Crippen LogP contribution in [0.1, 0.15) is 12.8 Å². The second-order valence-electron chi connectivity index (χ2n) is 3.84. The van der Waals surface area contributed by atoms with Crippen LogP contribution in [0.3, 0.4) is 0 Å². The van der Waals surface area contributed by atoms with Gasteiger partial charge in [0.15, 0.2) is 0 Å². The van der Waals surface area contributed by atoms with Crippen LogP contribution in [0.2, 0.25) is 5.15 Å². The molecular formula is C11H14BrClN2O. The molecule has 3 nitrogen and oxygen atoms in total. The van der Waals surface area contributed by atoms with Gasteiger partial charge in [0.2, 0.25) is 0 Å². The van der Waals surface area contributed by atoms with Crippen LogP contribution in [-0.4, -0.2) is 36.1 Å². The van der Waals surface area contributed by atoms with Crippen LogP contribution in [0.4, 0.5) is 0 Å². The molecule has 88 valence electrons. The van der Waals surface area contributed by atoms with Gasteiger partial charge in [0.1, 0.15) is 17.5 Å². The highest BCUT2D eigenvalue weighted by Gasteiger charge is 2.10. The number of rotatable bonds is 4. The second kappa shape index (κ2) is 5.84. The Morgan fingerprint density at radius 3 is 2.88 bits per heavy atom. The molecule has 0 saturated carbocycles. The fourth-order valence-electron chi connectivity index (χ4n) is 1.78. The highest BCUT2D eigenvalue weighted by molar-refractivity contribution is 9.10. The van der Waals surface area contributed by atoms with Gasteiger partial charge in [-0.1, -0.05) is 11.6 Å². The molecule has 0 aromatic carbocycles. The first kappa shape index (κ1) is 12.1. The van der Waals surface area contributed by atoms with Crippen LogP contribution < -0.4 is 4.74 Å². The summed E-state index contributed by atoms with van der Waals surface area (Å²) in [6, 6.07) is 1.85. The largest absolute Gasteiger partial charge is 0.491 e. The maximum Gasteiger partial charge on any atom is 0.143 e. The Morgan fingerprint density at radius 2 is 2.19 bits per heavy atom. The lowest BCUT2D eigenvalue weighted by molar-refractivity contribution is 0.237. The average molecular weight is 306 g/mol. The summed E-state index contributed by atoms with van der Waals surface area (Å²) in [7, 11) is 0. The van der Waals surface area contributed by atoms with Crippen molar-refractivity contribution in [3.05, 3.63) is 21.9 Å². The molecule has 2 rings (SSSR count). The molecular weight excluding hydrogens is 291 g/mol. The zero-order chi connectivity index (χ0) is 11.4. The molecule has 1 aliphatic heterocycles. The van der Waals surface area contributed by atoms with E-state index in [1.807, 2.05) is 6.07 Å². The van der Waals surface area contributed by atoms with Crippen molar-refractivity contribution >= 4 is 27.5 Å². The molecule has 0 unspecified atom stereocenters. The lowest BCUT2D eigenvalue weighted by atomic mass is 10.4. The first-order chi connectivity index (χ1) is 7.75. The van der Waals surface area contributed by atoms with Gasteiger partial charge in [-0.25, -0.2) is 4.98 Å². The van der Waals surface area contributed by atoms with Gasteiger partial charge in [0, 0.05) is 6.54 Å². The Labute approximate surface area is 109 Å². The summed E-state index contributed by atoms with van der Waals surface area (Å²) in [4.78, 5) is 6.42. The number of hydrogen-bond donors (Lipinski definition) is 0. The van der Waals surface area contributed by atoms with Crippen molar-refractivity contribution in [3.63, 3.8) is 0 Å². The third-order valence-corrected chi connectivity index (χ3v) is 3.78. The number of pyridine rings is 1. The Kier molecular flexibility index (Phi) is 4.44. The van der Waals surface area contributed by atoms with Crippen LogP contribution >= 0.6 is 27.5 Å². The topological polar surface area (TPSA) is 25.4 Å². The molecule has 1 fully saturated rings. The van der Waals surface area contributed by atoms with E-state index in [4.69, 9.17) is 16.3 Å². The van der Waals surface area contributed by atoms with Gasteiger partial charge in [-0.05, 0) is 47.9 Å². The third-order valence-electron chi connectivity index (χ3n) is 2.65. The molecule has 1 aromatic rings. The van der Waals surface area contributed by atoms with Gasteiger partial charge < -0.3 is 4.74 Å². The average Bonchev–Trinajstić information content (AvgIpc) is 2.76. The Balaban J connectivity index is 1.78. The Bertz CT molecular complexity index is 356. The summed E-state index contributed by atoms with van der Waals surface area (Å²) in [5.41, 5.74) is 0. The minimum Gasteiger partial charge on any atom is -0.491 e. The monoisotopic (exact) mass is 304 g/mol. The first-order valence-corrected chi connectivity index (χ1v) is 6.59. The summed E-state index contributed by atoms with van der Waals surface area (Å²) in [5.74, 6) is 0.760. The minimum atomic E-state index is 0.465. The van der Waals surface area contributed by atoms with Crippen molar-refractivity contribution in [2.24, 2.45) is 0 Å². The molecule has 1 saturated heterocycles. The van der Waals surface area contributed by atoms with Crippen LogP contribution in [0.15, 0.2) is 16.7 Å². The molecule has 5 heteroatoms. The third kappa shape index (κ3) is 3.34. The number of aromatic nitrogens is 1. The van der Waals surface area contributed by atoms with Gasteiger partial charge in [-0.2, -0.15) is 0 Å². The molecule has 0 atom stereocenters. The van der Waals surface area contributed by atoms with E-state index < -0.39 is 0 Å². The van der Waals surface area contributed by atoms with Gasteiger partial charge in [-0.15, -0.1) is 0 Å². The molecule has 16 heavy (non-hydrogen) atoms. The van der Waals surface area contributed by atoms with Crippen molar-refractivity contribution < 1.29 is 4.74 Å². The zero-order valence-corrected chi connectivity index (χ0v) is 11.3. The minimum absolute atomic E-state index is 0.465. The number of hydrogen-bond acceptors (Lipinski definition) is 3. The van der Waals surface area contributed by atoms with E-state index in [0.29, 0.717) is 11.8 Å². The predicted molar refractivity (Wildman–Crippen MR) is 68.1 cm³/mol. The van der Waals surface area contributed by atoms with Gasteiger partial charge in [-0.3, -0.25) is 4.90 Å². The molecule has 0 amide bonds. The lowest BCUT2D eigenvalue weighted by Crippen LogP contribution is -2.25. The first-order valence-electron chi connectivity index (χ1n) is 5.42. The van der Waals surface area contributed by atoms with Crippen LogP contribution in [-0.2, 0) is 0 Å². The standard InChI is InChI=1S/C11H14BrClN2O/c12-10-7-9(8-14-11(10)13)16-6-5-15-3-1-2-4-15/h7-8H,1-6H2. The van der Waals surface area contributed by atoms with Crippen molar-refractivity contribution in [1.82, 2.24) is 9.88 Å². The quantitative estimate of drug-likeness (QED) is 0.800. The molecule has 1 aliphatic rings. The van der Waals surface area contributed by atoms with E-state index in [1.165, 1.54) is 25.9 Å². The van der Waals surface area contributed by atoms with E-state index >= 15 is 0 Å². The number of halogens is 2. The lowest BCUT2D eigenvalue weighted by Gasteiger charge is -2.14. The summed E-state index contributed by atoms with van der Waals surface area (Å²) in [6.45, 7) is 4.09. The van der Waals surface area contributed by atoms with Gasteiger partial charge in [0.25, 0.3) is 0 Å². The summed E-state index contributed by atoms with van der Waals surface area (Å²) < 4.78 is 6.38. The van der Waals surface area contributed by atoms with Crippen molar-refractivity contribution in [3.8, 4) is 5.75 Å². The van der Waals surface area contributed by atoms with E-state index in [-0.39, 0.29) is 0 Å². The molecule has 0 N–H and O–H groups in total. The molecule has 0 aliphatic carbocycles. The van der Waals surface area contributed by atoms with Gasteiger partial charge in [0.05, 0.1) is 10.7 Å². The van der Waals surface area contributed by atoms with Crippen LogP contribution in [0.25, 0.3) is 0 Å². The van der Waals surface area contributed by atoms with Crippen molar-refractivity contribution in [1.29, 1.82) is 0 Å². The Morgan fingerprint density at radius 1 is 1.44 bits per heavy atom. The zero-order valence-electron chi connectivity index (χ0n) is 8.96. The van der Waals surface area contributed by atoms with Crippen molar-refractivity contribution in [2.45, 2.75) is 12.8 Å². The summed E-state index contributed by atoms with van der Waals surface area (Å²) in [5, 5.41) is 0.465.